The monoisotopic (exact) mass is 596 g/mol. The van der Waals surface area contributed by atoms with Crippen molar-refractivity contribution in [3.63, 3.8) is 0 Å². The van der Waals surface area contributed by atoms with Crippen LogP contribution in [0.15, 0.2) is 59.0 Å². The molecule has 0 bridgehead atoms. The highest BCUT2D eigenvalue weighted by Crippen LogP contribution is 2.41. The maximum atomic E-state index is 14.3. The largest absolute Gasteiger partial charge is 0.497 e. The van der Waals surface area contributed by atoms with Gasteiger partial charge in [0, 0.05) is 35.7 Å². The zero-order valence-corrected chi connectivity index (χ0v) is 25.5. The van der Waals surface area contributed by atoms with E-state index in [1.807, 2.05) is 64.1 Å². The van der Waals surface area contributed by atoms with Crippen molar-refractivity contribution in [1.82, 2.24) is 0 Å². The minimum Gasteiger partial charge on any atom is -0.497 e. The summed E-state index contributed by atoms with van der Waals surface area (Å²) in [5.74, 6) is -0.265. The Labute approximate surface area is 252 Å². The number of nitrogens with two attached hydrogens (primary N) is 1. The molecule has 9 heteroatoms. The third-order valence-corrected chi connectivity index (χ3v) is 6.88. The number of hydrogen-bond acceptors (Lipinski definition) is 6. The number of anilines is 1. The fourth-order valence-electron chi connectivity index (χ4n) is 4.60. The van der Waals surface area contributed by atoms with E-state index in [2.05, 4.69) is 5.32 Å². The Kier molecular flexibility index (Phi) is 12.4. The smallest absolute Gasteiger partial charge is 0.307 e. The van der Waals surface area contributed by atoms with Crippen LogP contribution in [0.2, 0.25) is 0 Å². The molecular formula is C34H42F2N2O5. The van der Waals surface area contributed by atoms with Gasteiger partial charge in [0.15, 0.2) is 11.3 Å². The number of rotatable bonds is 12. The van der Waals surface area contributed by atoms with Crippen LogP contribution in [0, 0.1) is 5.92 Å². The first-order valence-electron chi connectivity index (χ1n) is 14.8. The van der Waals surface area contributed by atoms with Crippen molar-refractivity contribution in [2.45, 2.75) is 66.5 Å². The number of hydrogen-bond donors (Lipinski definition) is 3. The molecule has 1 aliphatic carbocycles. The van der Waals surface area contributed by atoms with Gasteiger partial charge in [0.2, 0.25) is 0 Å². The highest BCUT2D eigenvalue weighted by atomic mass is 19.3. The Bertz CT molecular complexity index is 1500. The molecule has 0 amide bonds. The van der Waals surface area contributed by atoms with Crippen molar-refractivity contribution in [1.29, 1.82) is 0 Å². The molecule has 7 nitrogen and oxygen atoms in total. The van der Waals surface area contributed by atoms with Crippen LogP contribution in [-0.4, -0.2) is 24.7 Å². The summed E-state index contributed by atoms with van der Waals surface area (Å²) in [6, 6.07) is 16.3. The quantitative estimate of drug-likeness (QED) is 0.150. The SMILES string of the molecule is CC.CC.COc1ccc(CC(=O)O)c(OCc2c(C(F)F)oc3c(NCC4CC4)cc(-c4cccc(CN)c4)cc23)c1. The van der Waals surface area contributed by atoms with E-state index in [1.165, 1.54) is 7.11 Å². The van der Waals surface area contributed by atoms with Crippen LogP contribution in [-0.2, 0) is 24.4 Å². The van der Waals surface area contributed by atoms with Crippen LogP contribution >= 0.6 is 0 Å². The summed E-state index contributed by atoms with van der Waals surface area (Å²) in [4.78, 5) is 11.4. The molecular weight excluding hydrogens is 554 g/mol. The highest BCUT2D eigenvalue weighted by molar-refractivity contribution is 5.96. The van der Waals surface area contributed by atoms with Crippen LogP contribution in [0.25, 0.3) is 22.1 Å². The third kappa shape index (κ3) is 8.47. The molecule has 0 saturated heterocycles. The molecule has 4 aromatic rings. The molecule has 0 radical (unpaired) electrons. The number of halogens is 2. The summed E-state index contributed by atoms with van der Waals surface area (Å²) in [6.45, 7) is 8.85. The number of carbonyl (C=O) groups is 1. The number of ether oxygens (including phenoxy) is 2. The van der Waals surface area contributed by atoms with Gasteiger partial charge >= 0.3 is 5.97 Å². The number of carboxylic acids is 1. The summed E-state index contributed by atoms with van der Waals surface area (Å²) >= 11 is 0. The second-order valence-corrected chi connectivity index (χ2v) is 9.71. The standard InChI is InChI=1S/C30H30F2N2O5.2C2H6/c1-37-22-8-7-20(12-27(35)36)26(13-22)38-16-24-23-10-21(19-4-2-3-18(9-19)14-33)11-25(34-15-17-5-6-17)28(23)39-29(24)30(31)32;2*1-2/h2-4,7-11,13,17,30,34H,5-6,12,14-16,33H2,1H3,(H,35,36);2*1-2H3. The number of carboxylic acid groups (broad SMARTS) is 1. The van der Waals surface area contributed by atoms with Crippen molar-refractivity contribution in [3.8, 4) is 22.6 Å². The van der Waals surface area contributed by atoms with Gasteiger partial charge in [0.25, 0.3) is 6.43 Å². The summed E-state index contributed by atoms with van der Waals surface area (Å²) < 4.78 is 45.5. The highest BCUT2D eigenvalue weighted by Gasteiger charge is 2.27. The number of methoxy groups -OCH3 is 1. The topological polar surface area (TPSA) is 107 Å². The first-order chi connectivity index (χ1) is 20.9. The maximum absolute atomic E-state index is 14.3. The minimum absolute atomic E-state index is 0.204. The van der Waals surface area contributed by atoms with E-state index in [-0.39, 0.29) is 24.3 Å². The maximum Gasteiger partial charge on any atom is 0.307 e. The van der Waals surface area contributed by atoms with Crippen LogP contribution in [0.5, 0.6) is 11.5 Å². The second-order valence-electron chi connectivity index (χ2n) is 9.71. The second kappa shape index (κ2) is 15.9. The Morgan fingerprint density at radius 3 is 2.44 bits per heavy atom. The molecule has 1 aromatic heterocycles. The molecule has 3 aromatic carbocycles. The molecule has 1 aliphatic rings. The molecule has 0 aliphatic heterocycles. The van der Waals surface area contributed by atoms with E-state index in [0.717, 1.165) is 36.1 Å². The van der Waals surface area contributed by atoms with Crippen molar-refractivity contribution >= 4 is 22.6 Å². The molecule has 0 spiro atoms. The summed E-state index contributed by atoms with van der Waals surface area (Å²) in [7, 11) is 1.48. The fourth-order valence-corrected chi connectivity index (χ4v) is 4.60. The minimum atomic E-state index is -2.87. The zero-order chi connectivity index (χ0) is 31.5. The van der Waals surface area contributed by atoms with Gasteiger partial charge in [-0.1, -0.05) is 52.0 Å². The summed E-state index contributed by atoms with van der Waals surface area (Å²) in [5.41, 5.74) is 10.1. The average molecular weight is 597 g/mol. The number of aliphatic carboxylic acids is 1. The van der Waals surface area contributed by atoms with Crippen molar-refractivity contribution < 1.29 is 32.6 Å². The van der Waals surface area contributed by atoms with E-state index in [0.29, 0.717) is 40.4 Å². The van der Waals surface area contributed by atoms with Gasteiger partial charge in [-0.15, -0.1) is 0 Å². The van der Waals surface area contributed by atoms with E-state index >= 15 is 0 Å². The van der Waals surface area contributed by atoms with E-state index < -0.39 is 18.2 Å². The molecule has 1 fully saturated rings. The van der Waals surface area contributed by atoms with Gasteiger partial charge in [-0.3, -0.25) is 4.79 Å². The van der Waals surface area contributed by atoms with E-state index in [4.69, 9.17) is 19.6 Å². The number of nitrogens with one attached hydrogen (secondary N) is 1. The van der Waals surface area contributed by atoms with Crippen LogP contribution in [0.3, 0.4) is 0 Å². The zero-order valence-electron chi connectivity index (χ0n) is 25.5. The fraction of sp³-hybridized carbons (Fsp3) is 0.382. The number of alkyl halides is 2. The summed E-state index contributed by atoms with van der Waals surface area (Å²) in [5, 5.41) is 13.2. The predicted octanol–water partition coefficient (Wildman–Crippen LogP) is 8.59. The Balaban J connectivity index is 0.00000121. The molecule has 43 heavy (non-hydrogen) atoms. The number of benzene rings is 3. The summed E-state index contributed by atoms with van der Waals surface area (Å²) in [6.07, 6.45) is -0.898. The van der Waals surface area contributed by atoms with Crippen LogP contribution in [0.1, 0.15) is 69.4 Å². The first-order valence-corrected chi connectivity index (χ1v) is 14.8. The first kappa shape index (κ1) is 33.4. The van der Waals surface area contributed by atoms with Crippen LogP contribution < -0.4 is 20.5 Å². The molecule has 5 rings (SSSR count). The van der Waals surface area contributed by atoms with Gasteiger partial charge in [0.1, 0.15) is 18.1 Å². The Morgan fingerprint density at radius 1 is 1.07 bits per heavy atom. The molecule has 0 atom stereocenters. The molecule has 1 heterocycles. The number of fused-ring (bicyclic) bond motifs is 1. The van der Waals surface area contributed by atoms with Crippen LogP contribution in [0.4, 0.5) is 14.5 Å². The Hall–Kier alpha value is -4.11. The van der Waals surface area contributed by atoms with Crippen molar-refractivity contribution in [2.75, 3.05) is 19.0 Å². The van der Waals surface area contributed by atoms with E-state index in [1.54, 1.807) is 18.2 Å². The van der Waals surface area contributed by atoms with Crippen molar-refractivity contribution in [2.24, 2.45) is 11.7 Å². The lowest BCUT2D eigenvalue weighted by molar-refractivity contribution is -0.136. The lowest BCUT2D eigenvalue weighted by Crippen LogP contribution is -2.05. The number of furan rings is 1. The van der Waals surface area contributed by atoms with E-state index in [9.17, 15) is 18.7 Å². The lowest BCUT2D eigenvalue weighted by Gasteiger charge is -2.13. The van der Waals surface area contributed by atoms with Gasteiger partial charge in [-0.2, -0.15) is 0 Å². The molecule has 0 unspecified atom stereocenters. The lowest BCUT2D eigenvalue weighted by atomic mass is 9.99. The van der Waals surface area contributed by atoms with Gasteiger partial charge in [0.05, 0.1) is 19.2 Å². The molecule has 1 saturated carbocycles. The van der Waals surface area contributed by atoms with Gasteiger partial charge in [-0.25, -0.2) is 8.78 Å². The van der Waals surface area contributed by atoms with Gasteiger partial charge in [-0.05, 0) is 59.7 Å². The molecule has 232 valence electrons. The average Bonchev–Trinajstić information content (AvgIpc) is 3.79. The Morgan fingerprint density at radius 2 is 1.81 bits per heavy atom. The predicted molar refractivity (Wildman–Crippen MR) is 167 cm³/mol. The van der Waals surface area contributed by atoms with Crippen molar-refractivity contribution in [3.05, 3.63) is 77.0 Å². The van der Waals surface area contributed by atoms with Gasteiger partial charge < -0.3 is 30.0 Å². The molecule has 4 N–H and O–H groups in total. The normalized spacial score (nSPS) is 12.2. The third-order valence-electron chi connectivity index (χ3n) is 6.88.